The lowest BCUT2D eigenvalue weighted by atomic mass is 9.66. The van der Waals surface area contributed by atoms with E-state index < -0.39 is 0 Å². The third-order valence-electron chi connectivity index (χ3n) is 5.49. The Morgan fingerprint density at radius 2 is 2.00 bits per heavy atom. The highest BCUT2D eigenvalue weighted by atomic mass is 14.7. The zero-order valence-electron chi connectivity index (χ0n) is 9.27. The fourth-order valence-electron chi connectivity index (χ4n) is 4.01. The minimum absolute atomic E-state index is 0.576. The van der Waals surface area contributed by atoms with Crippen LogP contribution in [-0.2, 0) is 0 Å². The Bertz CT molecular complexity index is 209. The molecule has 0 aliphatic heterocycles. The molecule has 2 aliphatic carbocycles. The minimum Gasteiger partial charge on any atom is -0.330 e. The topological polar surface area (TPSA) is 26.0 Å². The molecule has 1 nitrogen and oxygen atoms in total. The molecule has 0 unspecified atom stereocenters. The Morgan fingerprint density at radius 3 is 2.38 bits per heavy atom. The zero-order valence-corrected chi connectivity index (χ0v) is 9.27. The molecule has 0 spiro atoms. The molecule has 0 heterocycles. The standard InChI is InChI=1S/C12H23N/c1-11(2)9-4-6-12(11,3)10(8-9)5-7-13/h9-10H,4-8,13H2,1-3H3/t9-,10-,12+/m1/s1. The molecule has 0 aromatic rings. The van der Waals surface area contributed by atoms with Crippen molar-refractivity contribution in [2.75, 3.05) is 6.54 Å². The first-order valence-corrected chi connectivity index (χ1v) is 5.72. The Morgan fingerprint density at radius 1 is 1.31 bits per heavy atom. The molecule has 2 N–H and O–H groups in total. The molecule has 1 heteroatoms. The molecule has 0 saturated heterocycles. The first-order valence-electron chi connectivity index (χ1n) is 5.72. The summed E-state index contributed by atoms with van der Waals surface area (Å²) in [4.78, 5) is 0. The van der Waals surface area contributed by atoms with Crippen molar-refractivity contribution in [1.29, 1.82) is 0 Å². The van der Waals surface area contributed by atoms with E-state index in [4.69, 9.17) is 5.73 Å². The Hall–Kier alpha value is -0.0400. The van der Waals surface area contributed by atoms with Crippen molar-refractivity contribution < 1.29 is 0 Å². The van der Waals surface area contributed by atoms with Crippen LogP contribution in [0.15, 0.2) is 0 Å². The van der Waals surface area contributed by atoms with E-state index in [1.165, 1.54) is 25.7 Å². The summed E-state index contributed by atoms with van der Waals surface area (Å²) < 4.78 is 0. The van der Waals surface area contributed by atoms with Gasteiger partial charge in [0, 0.05) is 0 Å². The Balaban J connectivity index is 2.22. The van der Waals surface area contributed by atoms with Crippen LogP contribution in [0.5, 0.6) is 0 Å². The second-order valence-electron chi connectivity index (χ2n) is 5.88. The van der Waals surface area contributed by atoms with Gasteiger partial charge in [-0.3, -0.25) is 0 Å². The van der Waals surface area contributed by atoms with E-state index >= 15 is 0 Å². The van der Waals surface area contributed by atoms with Gasteiger partial charge in [0.05, 0.1) is 0 Å². The maximum Gasteiger partial charge on any atom is -0.00744 e. The lowest BCUT2D eigenvalue weighted by molar-refractivity contribution is 0.0991. The van der Waals surface area contributed by atoms with Crippen LogP contribution in [0.1, 0.15) is 46.5 Å². The molecule has 0 aromatic carbocycles. The first-order chi connectivity index (χ1) is 6.02. The molecule has 13 heavy (non-hydrogen) atoms. The molecule has 2 bridgehead atoms. The van der Waals surface area contributed by atoms with Crippen LogP contribution in [0.2, 0.25) is 0 Å². The van der Waals surface area contributed by atoms with E-state index in [9.17, 15) is 0 Å². The molecule has 0 amide bonds. The van der Waals surface area contributed by atoms with E-state index in [-0.39, 0.29) is 0 Å². The average molecular weight is 181 g/mol. The fraction of sp³-hybridized carbons (Fsp3) is 1.00. The molecule has 3 atom stereocenters. The SMILES string of the molecule is CC1(C)[C@@H]2CC[C@@]1(C)[C@H](CCN)C2. The van der Waals surface area contributed by atoms with Gasteiger partial charge in [0.25, 0.3) is 0 Å². The maximum atomic E-state index is 5.69. The van der Waals surface area contributed by atoms with Crippen LogP contribution in [0, 0.1) is 22.7 Å². The van der Waals surface area contributed by atoms with Crippen LogP contribution in [0.4, 0.5) is 0 Å². The van der Waals surface area contributed by atoms with E-state index in [0.717, 1.165) is 18.4 Å². The smallest absolute Gasteiger partial charge is 0.00744 e. The summed E-state index contributed by atoms with van der Waals surface area (Å²) in [5, 5.41) is 0. The summed E-state index contributed by atoms with van der Waals surface area (Å²) in [7, 11) is 0. The van der Waals surface area contributed by atoms with Crippen molar-refractivity contribution in [3.63, 3.8) is 0 Å². The van der Waals surface area contributed by atoms with Gasteiger partial charge in [-0.1, -0.05) is 20.8 Å². The number of rotatable bonds is 2. The van der Waals surface area contributed by atoms with Gasteiger partial charge < -0.3 is 5.73 Å². The van der Waals surface area contributed by atoms with Crippen LogP contribution in [-0.4, -0.2) is 6.54 Å². The highest BCUT2D eigenvalue weighted by molar-refractivity contribution is 5.09. The monoisotopic (exact) mass is 181 g/mol. The van der Waals surface area contributed by atoms with Crippen molar-refractivity contribution in [2.45, 2.75) is 46.5 Å². The van der Waals surface area contributed by atoms with Crippen LogP contribution < -0.4 is 5.73 Å². The normalized spacial score (nSPS) is 47.1. The van der Waals surface area contributed by atoms with E-state index in [1.54, 1.807) is 0 Å². The molecule has 2 aliphatic rings. The summed E-state index contributed by atoms with van der Waals surface area (Å²) in [6.45, 7) is 8.33. The fourth-order valence-corrected chi connectivity index (χ4v) is 4.01. The predicted octanol–water partition coefficient (Wildman–Crippen LogP) is 2.80. The molecule has 0 aromatic heterocycles. The second kappa shape index (κ2) is 2.73. The van der Waals surface area contributed by atoms with Gasteiger partial charge >= 0.3 is 0 Å². The number of nitrogens with two attached hydrogens (primary N) is 1. The third kappa shape index (κ3) is 1.03. The third-order valence-corrected chi connectivity index (χ3v) is 5.49. The molecular formula is C12H23N. The van der Waals surface area contributed by atoms with Gasteiger partial charge in [0.2, 0.25) is 0 Å². The number of hydrogen-bond acceptors (Lipinski definition) is 1. The van der Waals surface area contributed by atoms with E-state index in [0.29, 0.717) is 10.8 Å². The molecule has 0 radical (unpaired) electrons. The van der Waals surface area contributed by atoms with E-state index in [1.807, 2.05) is 0 Å². The van der Waals surface area contributed by atoms with Crippen molar-refractivity contribution in [2.24, 2.45) is 28.4 Å². The van der Waals surface area contributed by atoms with Crippen molar-refractivity contribution in [1.82, 2.24) is 0 Å². The highest BCUT2D eigenvalue weighted by Crippen LogP contribution is 2.68. The highest BCUT2D eigenvalue weighted by Gasteiger charge is 2.60. The summed E-state index contributed by atoms with van der Waals surface area (Å²) in [5.74, 6) is 1.89. The van der Waals surface area contributed by atoms with Gasteiger partial charge in [-0.25, -0.2) is 0 Å². The van der Waals surface area contributed by atoms with Gasteiger partial charge in [-0.2, -0.15) is 0 Å². The van der Waals surface area contributed by atoms with E-state index in [2.05, 4.69) is 20.8 Å². The summed E-state index contributed by atoms with van der Waals surface area (Å²) in [6.07, 6.45) is 5.59. The molecule has 2 saturated carbocycles. The van der Waals surface area contributed by atoms with Gasteiger partial charge in [-0.05, 0) is 54.9 Å². The van der Waals surface area contributed by atoms with Crippen molar-refractivity contribution in [3.8, 4) is 0 Å². The minimum atomic E-state index is 0.576. The van der Waals surface area contributed by atoms with Crippen molar-refractivity contribution in [3.05, 3.63) is 0 Å². The summed E-state index contributed by atoms with van der Waals surface area (Å²) in [6, 6.07) is 0. The van der Waals surface area contributed by atoms with Gasteiger partial charge in [0.1, 0.15) is 0 Å². The molecule has 2 fully saturated rings. The Labute approximate surface area is 82.1 Å². The number of hydrogen-bond donors (Lipinski definition) is 1. The lowest BCUT2D eigenvalue weighted by Gasteiger charge is -2.39. The summed E-state index contributed by atoms with van der Waals surface area (Å²) >= 11 is 0. The second-order valence-corrected chi connectivity index (χ2v) is 5.88. The summed E-state index contributed by atoms with van der Waals surface area (Å²) in [5.41, 5.74) is 6.86. The van der Waals surface area contributed by atoms with Crippen molar-refractivity contribution >= 4 is 0 Å². The largest absolute Gasteiger partial charge is 0.330 e. The van der Waals surface area contributed by atoms with Gasteiger partial charge in [-0.15, -0.1) is 0 Å². The quantitative estimate of drug-likeness (QED) is 0.696. The molecular weight excluding hydrogens is 158 g/mol. The maximum absolute atomic E-state index is 5.69. The van der Waals surface area contributed by atoms with Gasteiger partial charge in [0.15, 0.2) is 0 Å². The van der Waals surface area contributed by atoms with Crippen LogP contribution in [0.3, 0.4) is 0 Å². The first kappa shape index (κ1) is 9.51. The zero-order chi connectivity index (χ0) is 9.69. The Kier molecular flexibility index (Phi) is 1.99. The van der Waals surface area contributed by atoms with Crippen LogP contribution in [0.25, 0.3) is 0 Å². The average Bonchev–Trinajstić information content (AvgIpc) is 2.37. The lowest BCUT2D eigenvalue weighted by Crippen LogP contribution is -2.33. The van der Waals surface area contributed by atoms with Crippen LogP contribution >= 0.6 is 0 Å². The molecule has 2 rings (SSSR count). The predicted molar refractivity (Wildman–Crippen MR) is 56.4 cm³/mol. The molecule has 76 valence electrons. The number of fused-ring (bicyclic) bond motifs is 2.